The van der Waals surface area contributed by atoms with Gasteiger partial charge in [0.15, 0.2) is 5.96 Å². The van der Waals surface area contributed by atoms with Crippen molar-refractivity contribution >= 4 is 17.3 Å². The Hall–Kier alpha value is -1.11. The first-order chi connectivity index (χ1) is 11.1. The van der Waals surface area contributed by atoms with Gasteiger partial charge in [0.05, 0.1) is 6.54 Å². The van der Waals surface area contributed by atoms with Gasteiger partial charge in [-0.2, -0.15) is 0 Å². The SMILES string of the molecule is CCNC(=NCc1ccc(C)s1)NCC1(N(C)C)CCOCC1. The summed E-state index contributed by atoms with van der Waals surface area (Å²) < 4.78 is 5.54. The van der Waals surface area contributed by atoms with E-state index in [2.05, 4.69) is 55.6 Å². The first-order valence-electron chi connectivity index (χ1n) is 8.38. The summed E-state index contributed by atoms with van der Waals surface area (Å²) in [5.74, 6) is 0.895. The second-order valence-corrected chi connectivity index (χ2v) is 7.66. The van der Waals surface area contributed by atoms with Crippen LogP contribution < -0.4 is 10.6 Å². The molecule has 2 N–H and O–H groups in total. The molecule has 1 fully saturated rings. The Balaban J connectivity index is 1.97. The number of ether oxygens (including phenoxy) is 1. The largest absolute Gasteiger partial charge is 0.381 e. The lowest BCUT2D eigenvalue weighted by Gasteiger charge is -2.43. The number of guanidine groups is 1. The highest BCUT2D eigenvalue weighted by atomic mass is 32.1. The van der Waals surface area contributed by atoms with E-state index in [1.807, 2.05) is 11.3 Å². The zero-order valence-electron chi connectivity index (χ0n) is 14.8. The molecular formula is C17H30N4OS. The number of nitrogens with zero attached hydrogens (tertiary/aromatic N) is 2. The van der Waals surface area contributed by atoms with Crippen LogP contribution in [-0.2, 0) is 11.3 Å². The number of thiophene rings is 1. The molecule has 130 valence electrons. The molecule has 23 heavy (non-hydrogen) atoms. The van der Waals surface area contributed by atoms with Crippen molar-refractivity contribution in [2.24, 2.45) is 4.99 Å². The molecule has 0 unspecified atom stereocenters. The molecule has 2 rings (SSSR count). The minimum Gasteiger partial charge on any atom is -0.381 e. The molecule has 0 radical (unpaired) electrons. The summed E-state index contributed by atoms with van der Waals surface area (Å²) >= 11 is 1.81. The van der Waals surface area contributed by atoms with Crippen molar-refractivity contribution in [3.05, 3.63) is 21.9 Å². The summed E-state index contributed by atoms with van der Waals surface area (Å²) in [6, 6.07) is 4.31. The highest BCUT2D eigenvalue weighted by Gasteiger charge is 2.34. The van der Waals surface area contributed by atoms with Crippen molar-refractivity contribution in [2.75, 3.05) is 40.4 Å². The molecule has 5 nitrogen and oxygen atoms in total. The van der Waals surface area contributed by atoms with Gasteiger partial charge < -0.3 is 20.3 Å². The Kier molecular flexibility index (Phi) is 6.87. The van der Waals surface area contributed by atoms with Gasteiger partial charge in [-0.3, -0.25) is 0 Å². The molecule has 1 saturated heterocycles. The Bertz CT molecular complexity index is 506. The van der Waals surface area contributed by atoms with Crippen LogP contribution in [0, 0.1) is 6.92 Å². The van der Waals surface area contributed by atoms with Crippen LogP contribution in [0.1, 0.15) is 29.5 Å². The fourth-order valence-corrected chi connectivity index (χ4v) is 3.67. The van der Waals surface area contributed by atoms with Gasteiger partial charge in [0.1, 0.15) is 0 Å². The van der Waals surface area contributed by atoms with Gasteiger partial charge in [-0.15, -0.1) is 11.3 Å². The highest BCUT2D eigenvalue weighted by molar-refractivity contribution is 7.11. The number of rotatable bonds is 6. The molecular weight excluding hydrogens is 308 g/mol. The van der Waals surface area contributed by atoms with Crippen molar-refractivity contribution in [2.45, 2.75) is 38.8 Å². The molecule has 0 spiro atoms. The number of likely N-dealkylation sites (N-methyl/N-ethyl adjacent to an activating group) is 1. The van der Waals surface area contributed by atoms with E-state index in [9.17, 15) is 0 Å². The monoisotopic (exact) mass is 338 g/mol. The molecule has 1 aromatic rings. The Labute approximate surface area is 144 Å². The molecule has 1 aliphatic rings. The molecule has 0 atom stereocenters. The number of aliphatic imine (C=N–C) groups is 1. The topological polar surface area (TPSA) is 48.9 Å². The maximum atomic E-state index is 5.54. The Morgan fingerprint density at radius 1 is 1.30 bits per heavy atom. The van der Waals surface area contributed by atoms with E-state index in [0.717, 1.165) is 51.6 Å². The minimum absolute atomic E-state index is 0.147. The Morgan fingerprint density at radius 2 is 2.04 bits per heavy atom. The normalized spacial score (nSPS) is 18.2. The molecule has 0 saturated carbocycles. The van der Waals surface area contributed by atoms with E-state index in [4.69, 9.17) is 9.73 Å². The fraction of sp³-hybridized carbons (Fsp3) is 0.706. The average Bonchev–Trinajstić information content (AvgIpc) is 2.96. The zero-order chi connectivity index (χ0) is 16.7. The second-order valence-electron chi connectivity index (χ2n) is 6.29. The van der Waals surface area contributed by atoms with Crippen LogP contribution in [0.5, 0.6) is 0 Å². The van der Waals surface area contributed by atoms with Crippen LogP contribution in [0.15, 0.2) is 17.1 Å². The van der Waals surface area contributed by atoms with Gasteiger partial charge >= 0.3 is 0 Å². The van der Waals surface area contributed by atoms with Gasteiger partial charge in [0.2, 0.25) is 0 Å². The third-order valence-electron chi connectivity index (χ3n) is 4.49. The lowest BCUT2D eigenvalue weighted by molar-refractivity contribution is -0.00501. The average molecular weight is 339 g/mol. The van der Waals surface area contributed by atoms with Crippen LogP contribution in [0.2, 0.25) is 0 Å². The van der Waals surface area contributed by atoms with Gasteiger partial charge in [-0.1, -0.05) is 0 Å². The summed E-state index contributed by atoms with van der Waals surface area (Å²) in [6.07, 6.45) is 2.10. The fourth-order valence-electron chi connectivity index (χ4n) is 2.85. The van der Waals surface area contributed by atoms with E-state index in [-0.39, 0.29) is 5.54 Å². The maximum Gasteiger partial charge on any atom is 0.191 e. The molecule has 1 aromatic heterocycles. The molecule has 1 aliphatic heterocycles. The quantitative estimate of drug-likeness (QED) is 0.617. The molecule has 2 heterocycles. The highest BCUT2D eigenvalue weighted by Crippen LogP contribution is 2.25. The van der Waals surface area contributed by atoms with Gasteiger partial charge in [0, 0.05) is 41.6 Å². The van der Waals surface area contributed by atoms with Crippen molar-refractivity contribution in [1.82, 2.24) is 15.5 Å². The number of hydrogen-bond acceptors (Lipinski definition) is 4. The molecule has 0 aromatic carbocycles. The van der Waals surface area contributed by atoms with Gasteiger partial charge in [-0.05, 0) is 52.9 Å². The third kappa shape index (κ3) is 5.19. The summed E-state index contributed by atoms with van der Waals surface area (Å²) in [5, 5.41) is 6.89. The predicted molar refractivity (Wildman–Crippen MR) is 98.3 cm³/mol. The Morgan fingerprint density at radius 3 is 2.61 bits per heavy atom. The summed E-state index contributed by atoms with van der Waals surface area (Å²) in [6.45, 7) is 8.39. The predicted octanol–water partition coefficient (Wildman–Crippen LogP) is 2.22. The van der Waals surface area contributed by atoms with E-state index in [1.54, 1.807) is 0 Å². The maximum absolute atomic E-state index is 5.54. The lowest BCUT2D eigenvalue weighted by Crippen LogP contribution is -2.57. The molecule has 6 heteroatoms. The first-order valence-corrected chi connectivity index (χ1v) is 9.20. The number of aryl methyl sites for hydroxylation is 1. The van der Waals surface area contributed by atoms with Crippen LogP contribution in [0.3, 0.4) is 0 Å². The minimum atomic E-state index is 0.147. The van der Waals surface area contributed by atoms with Crippen molar-refractivity contribution < 1.29 is 4.74 Å². The third-order valence-corrected chi connectivity index (χ3v) is 5.48. The van der Waals surface area contributed by atoms with E-state index in [1.165, 1.54) is 9.75 Å². The van der Waals surface area contributed by atoms with Gasteiger partial charge in [-0.25, -0.2) is 4.99 Å². The zero-order valence-corrected chi connectivity index (χ0v) is 15.6. The van der Waals surface area contributed by atoms with Crippen LogP contribution >= 0.6 is 11.3 Å². The van der Waals surface area contributed by atoms with Gasteiger partial charge in [0.25, 0.3) is 0 Å². The van der Waals surface area contributed by atoms with E-state index in [0.29, 0.717) is 0 Å². The molecule has 0 aliphatic carbocycles. The van der Waals surface area contributed by atoms with Crippen LogP contribution in [-0.4, -0.2) is 56.8 Å². The second kappa shape index (κ2) is 8.66. The summed E-state index contributed by atoms with van der Waals surface area (Å²) in [7, 11) is 4.32. The van der Waals surface area contributed by atoms with Crippen molar-refractivity contribution in [3.8, 4) is 0 Å². The summed E-state index contributed by atoms with van der Waals surface area (Å²) in [5.41, 5.74) is 0.147. The van der Waals surface area contributed by atoms with Crippen molar-refractivity contribution in [3.63, 3.8) is 0 Å². The first kappa shape index (κ1) is 18.2. The van der Waals surface area contributed by atoms with E-state index < -0.39 is 0 Å². The van der Waals surface area contributed by atoms with E-state index >= 15 is 0 Å². The molecule has 0 amide bonds. The van der Waals surface area contributed by atoms with Crippen molar-refractivity contribution in [1.29, 1.82) is 0 Å². The van der Waals surface area contributed by atoms with Crippen LogP contribution in [0.4, 0.5) is 0 Å². The molecule has 0 bridgehead atoms. The summed E-state index contributed by atoms with van der Waals surface area (Å²) in [4.78, 5) is 9.69. The lowest BCUT2D eigenvalue weighted by atomic mass is 9.88. The number of hydrogen-bond donors (Lipinski definition) is 2. The number of nitrogens with one attached hydrogen (secondary N) is 2. The smallest absolute Gasteiger partial charge is 0.191 e. The standard InChI is InChI=1S/C17H30N4OS/c1-5-18-16(19-12-15-7-6-14(2)23-15)20-13-17(21(3)4)8-10-22-11-9-17/h6-7H,5,8-13H2,1-4H3,(H2,18,19,20). The van der Waals surface area contributed by atoms with Crippen LogP contribution in [0.25, 0.3) is 0 Å².